The molecule has 0 atom stereocenters. The number of hydrogen-bond acceptors (Lipinski definition) is 4. The smallest absolute Gasteiger partial charge is 0.252 e. The number of carbonyl (C=O) groups excluding carboxylic acids is 1. The molecule has 0 bridgehead atoms. The van der Waals surface area contributed by atoms with E-state index in [4.69, 9.17) is 22.1 Å². The number of halogens is 1. The van der Waals surface area contributed by atoms with Gasteiger partial charge in [0.25, 0.3) is 5.91 Å². The molecule has 1 saturated carbocycles. The highest BCUT2D eigenvalue weighted by Crippen LogP contribution is 2.40. The fourth-order valence-corrected chi connectivity index (χ4v) is 2.14. The van der Waals surface area contributed by atoms with Crippen LogP contribution in [0.2, 0.25) is 5.15 Å². The molecule has 2 aromatic rings. The molecule has 0 radical (unpaired) electrons. The molecule has 0 saturated heterocycles. The first-order chi connectivity index (χ1) is 10.1. The van der Waals surface area contributed by atoms with Gasteiger partial charge in [-0.25, -0.2) is 4.98 Å². The molecule has 108 valence electrons. The minimum Gasteiger partial charge on any atom is -0.438 e. The van der Waals surface area contributed by atoms with E-state index in [1.807, 2.05) is 0 Å². The molecule has 0 aliphatic heterocycles. The monoisotopic (exact) mass is 303 g/mol. The molecule has 2 N–H and O–H groups in total. The number of primary amides is 1. The highest BCUT2D eigenvalue weighted by molar-refractivity contribution is 6.30. The molecular formula is C15H14ClN3O2. The maximum absolute atomic E-state index is 11.4. The zero-order valence-electron chi connectivity index (χ0n) is 11.5. The maximum Gasteiger partial charge on any atom is 0.252 e. The standard InChI is InChI=1S/C15H14ClN3O2/c1-8-12(16)18-14(9-6-7-9)19-15(8)21-11-5-3-2-4-10(11)13(17)20/h2-5,9H,6-7H2,1H3,(H2,17,20). The van der Waals surface area contributed by atoms with Crippen LogP contribution in [-0.4, -0.2) is 15.9 Å². The molecular weight excluding hydrogens is 290 g/mol. The summed E-state index contributed by atoms with van der Waals surface area (Å²) in [6, 6.07) is 6.77. The number of nitrogens with two attached hydrogens (primary N) is 1. The van der Waals surface area contributed by atoms with Gasteiger partial charge in [-0.2, -0.15) is 4.98 Å². The van der Waals surface area contributed by atoms with Crippen molar-refractivity contribution >= 4 is 17.5 Å². The normalized spacial score (nSPS) is 14.0. The van der Waals surface area contributed by atoms with Crippen LogP contribution in [0.3, 0.4) is 0 Å². The van der Waals surface area contributed by atoms with Crippen LogP contribution in [-0.2, 0) is 0 Å². The summed E-state index contributed by atoms with van der Waals surface area (Å²) in [6.45, 7) is 1.78. The predicted octanol–water partition coefficient (Wildman–Crippen LogP) is 3.21. The van der Waals surface area contributed by atoms with Crippen molar-refractivity contribution in [2.45, 2.75) is 25.7 Å². The first-order valence-corrected chi connectivity index (χ1v) is 7.04. The Bertz CT molecular complexity index is 714. The Balaban J connectivity index is 2.00. The van der Waals surface area contributed by atoms with Gasteiger partial charge in [-0.05, 0) is 31.9 Å². The van der Waals surface area contributed by atoms with Crippen molar-refractivity contribution in [2.75, 3.05) is 0 Å². The van der Waals surface area contributed by atoms with E-state index < -0.39 is 5.91 Å². The third-order valence-corrected chi connectivity index (χ3v) is 3.73. The topological polar surface area (TPSA) is 78.1 Å². The van der Waals surface area contributed by atoms with Crippen molar-refractivity contribution in [1.82, 2.24) is 9.97 Å². The first-order valence-electron chi connectivity index (χ1n) is 6.67. The zero-order chi connectivity index (χ0) is 15.0. The lowest BCUT2D eigenvalue weighted by molar-refractivity contribution is 0.0998. The van der Waals surface area contributed by atoms with Crippen LogP contribution in [0.25, 0.3) is 0 Å². The largest absolute Gasteiger partial charge is 0.438 e. The van der Waals surface area contributed by atoms with Gasteiger partial charge < -0.3 is 10.5 Å². The van der Waals surface area contributed by atoms with Gasteiger partial charge in [0, 0.05) is 11.5 Å². The average molecular weight is 304 g/mol. The first kappa shape index (κ1) is 13.8. The molecule has 1 aliphatic carbocycles. The summed E-state index contributed by atoms with van der Waals surface area (Å²) >= 11 is 6.14. The van der Waals surface area contributed by atoms with E-state index in [1.54, 1.807) is 31.2 Å². The van der Waals surface area contributed by atoms with E-state index in [9.17, 15) is 4.79 Å². The molecule has 1 aromatic heterocycles. The Kier molecular flexibility index (Phi) is 3.51. The fraction of sp³-hybridized carbons (Fsp3) is 0.267. The summed E-state index contributed by atoms with van der Waals surface area (Å²) in [5, 5.41) is 0.374. The summed E-state index contributed by atoms with van der Waals surface area (Å²) in [5.74, 6) is 1.23. The van der Waals surface area contributed by atoms with E-state index in [1.165, 1.54) is 0 Å². The SMILES string of the molecule is Cc1c(Cl)nc(C2CC2)nc1Oc1ccccc1C(N)=O. The Labute approximate surface area is 127 Å². The predicted molar refractivity (Wildman–Crippen MR) is 78.8 cm³/mol. The minimum absolute atomic E-state index is 0.305. The number of amides is 1. The molecule has 5 nitrogen and oxygen atoms in total. The van der Waals surface area contributed by atoms with Gasteiger partial charge in [-0.1, -0.05) is 23.7 Å². The van der Waals surface area contributed by atoms with E-state index in [0.717, 1.165) is 12.8 Å². The quantitative estimate of drug-likeness (QED) is 0.880. The second-order valence-electron chi connectivity index (χ2n) is 5.04. The second kappa shape index (κ2) is 5.33. The summed E-state index contributed by atoms with van der Waals surface area (Å²) in [6.07, 6.45) is 2.13. The molecule has 1 aromatic carbocycles. The summed E-state index contributed by atoms with van der Waals surface area (Å²) < 4.78 is 5.76. The number of para-hydroxylation sites is 1. The van der Waals surface area contributed by atoms with Crippen LogP contribution in [0.4, 0.5) is 0 Å². The maximum atomic E-state index is 11.4. The van der Waals surface area contributed by atoms with Crippen LogP contribution in [0.1, 0.15) is 40.5 Å². The number of aromatic nitrogens is 2. The van der Waals surface area contributed by atoms with Crippen LogP contribution in [0, 0.1) is 6.92 Å². The molecule has 6 heteroatoms. The van der Waals surface area contributed by atoms with E-state index in [2.05, 4.69) is 9.97 Å². The van der Waals surface area contributed by atoms with Crippen LogP contribution in [0.15, 0.2) is 24.3 Å². The van der Waals surface area contributed by atoms with Crippen LogP contribution in [0.5, 0.6) is 11.6 Å². The summed E-state index contributed by atoms with van der Waals surface area (Å²) in [5.41, 5.74) is 6.29. The van der Waals surface area contributed by atoms with Gasteiger partial charge in [-0.15, -0.1) is 0 Å². The lowest BCUT2D eigenvalue weighted by atomic mass is 10.2. The van der Waals surface area contributed by atoms with Crippen molar-refractivity contribution in [3.8, 4) is 11.6 Å². The molecule has 21 heavy (non-hydrogen) atoms. The van der Waals surface area contributed by atoms with Crippen LogP contribution >= 0.6 is 11.6 Å². The van der Waals surface area contributed by atoms with E-state index >= 15 is 0 Å². The Morgan fingerprint density at radius 2 is 2.05 bits per heavy atom. The number of hydrogen-bond donors (Lipinski definition) is 1. The lowest BCUT2D eigenvalue weighted by Gasteiger charge is -2.12. The van der Waals surface area contributed by atoms with Crippen molar-refractivity contribution < 1.29 is 9.53 Å². The van der Waals surface area contributed by atoms with Gasteiger partial charge in [0.2, 0.25) is 5.88 Å². The number of ether oxygens (including phenoxy) is 1. The van der Waals surface area contributed by atoms with E-state index in [-0.39, 0.29) is 0 Å². The third kappa shape index (κ3) is 2.83. The Morgan fingerprint density at radius 3 is 2.71 bits per heavy atom. The second-order valence-corrected chi connectivity index (χ2v) is 5.40. The van der Waals surface area contributed by atoms with Gasteiger partial charge in [0.05, 0.1) is 5.56 Å². The number of rotatable bonds is 4. The number of carbonyl (C=O) groups is 1. The minimum atomic E-state index is -0.550. The highest BCUT2D eigenvalue weighted by Gasteiger charge is 2.28. The molecule has 0 unspecified atom stereocenters. The lowest BCUT2D eigenvalue weighted by Crippen LogP contribution is -2.12. The molecule has 0 spiro atoms. The summed E-state index contributed by atoms with van der Waals surface area (Å²) in [4.78, 5) is 20.1. The third-order valence-electron chi connectivity index (χ3n) is 3.36. The summed E-state index contributed by atoms with van der Waals surface area (Å²) in [7, 11) is 0. The zero-order valence-corrected chi connectivity index (χ0v) is 12.2. The van der Waals surface area contributed by atoms with Gasteiger partial charge >= 0.3 is 0 Å². The number of nitrogens with zero attached hydrogens (tertiary/aromatic N) is 2. The van der Waals surface area contributed by atoms with Crippen molar-refractivity contribution in [1.29, 1.82) is 0 Å². The molecule has 3 rings (SSSR count). The van der Waals surface area contributed by atoms with Gasteiger partial charge in [0.1, 0.15) is 16.7 Å². The van der Waals surface area contributed by atoms with Gasteiger partial charge in [-0.3, -0.25) is 4.79 Å². The number of benzene rings is 1. The molecule has 1 aliphatic rings. The van der Waals surface area contributed by atoms with Crippen molar-refractivity contribution in [3.05, 3.63) is 46.4 Å². The Hall–Kier alpha value is -2.14. The van der Waals surface area contributed by atoms with Gasteiger partial charge in [0.15, 0.2) is 0 Å². The van der Waals surface area contributed by atoms with Crippen LogP contribution < -0.4 is 10.5 Å². The van der Waals surface area contributed by atoms with Crippen molar-refractivity contribution in [2.24, 2.45) is 5.73 Å². The molecule has 1 heterocycles. The molecule has 1 fully saturated rings. The fourth-order valence-electron chi connectivity index (χ4n) is 1.97. The van der Waals surface area contributed by atoms with E-state index in [0.29, 0.717) is 39.7 Å². The molecule has 1 amide bonds. The Morgan fingerprint density at radius 1 is 1.33 bits per heavy atom. The van der Waals surface area contributed by atoms with Crippen molar-refractivity contribution in [3.63, 3.8) is 0 Å². The average Bonchev–Trinajstić information content (AvgIpc) is 3.28. The highest BCUT2D eigenvalue weighted by atomic mass is 35.5.